The van der Waals surface area contributed by atoms with Gasteiger partial charge in [-0.1, -0.05) is 5.21 Å². The van der Waals surface area contributed by atoms with Crippen LogP contribution in [0.25, 0.3) is 0 Å². The number of carbonyl (C=O) groups is 1. The molecule has 3 rings (SSSR count). The number of ether oxygens (including phenoxy) is 2. The second-order valence-corrected chi connectivity index (χ2v) is 6.45. The van der Waals surface area contributed by atoms with Gasteiger partial charge in [0, 0.05) is 33.7 Å². The van der Waals surface area contributed by atoms with E-state index in [9.17, 15) is 4.79 Å². The van der Waals surface area contributed by atoms with Gasteiger partial charge in [-0.05, 0) is 25.9 Å². The van der Waals surface area contributed by atoms with Crippen molar-refractivity contribution in [3.8, 4) is 0 Å². The quantitative estimate of drug-likeness (QED) is 0.652. The Morgan fingerprint density at radius 1 is 1.29 bits per heavy atom. The predicted octanol–water partition coefficient (Wildman–Crippen LogP) is -0.000300. The number of likely N-dealkylation sites (tertiary alicyclic amines) is 1. The molecule has 1 fully saturated rings. The molecular weight excluding hydrogens is 310 g/mol. The lowest BCUT2D eigenvalue weighted by atomic mass is 10.0. The van der Waals surface area contributed by atoms with E-state index in [-0.39, 0.29) is 18.6 Å². The number of nitrogens with zero attached hydrogens (tertiary/aromatic N) is 5. The smallest absolute Gasteiger partial charge is 0.249 e. The second-order valence-electron chi connectivity index (χ2n) is 6.45. The summed E-state index contributed by atoms with van der Waals surface area (Å²) in [6.45, 7) is 5.15. The van der Waals surface area contributed by atoms with Gasteiger partial charge in [-0.25, -0.2) is 0 Å². The standard InChI is InChI=1S/C16H27N5O3/c1-19-13-5-8-21(15(22)12-23-2)14(16(13)17-18-19)11-24-10-9-20-6-3-4-7-20/h14H,3-12H2,1-2H3/t14-/m1/s1. The molecule has 1 atom stereocenters. The van der Waals surface area contributed by atoms with Crippen LogP contribution in [-0.4, -0.2) is 83.8 Å². The summed E-state index contributed by atoms with van der Waals surface area (Å²) in [5.74, 6) is -0.0260. The van der Waals surface area contributed by atoms with Gasteiger partial charge < -0.3 is 19.3 Å². The molecule has 1 aromatic rings. The van der Waals surface area contributed by atoms with E-state index in [4.69, 9.17) is 9.47 Å². The molecule has 0 N–H and O–H groups in total. The first kappa shape index (κ1) is 17.3. The Kier molecular flexibility index (Phi) is 5.80. The van der Waals surface area contributed by atoms with E-state index in [1.807, 2.05) is 11.9 Å². The van der Waals surface area contributed by atoms with E-state index in [0.29, 0.717) is 19.8 Å². The van der Waals surface area contributed by atoms with Crippen LogP contribution >= 0.6 is 0 Å². The van der Waals surface area contributed by atoms with Gasteiger partial charge in [-0.3, -0.25) is 9.48 Å². The van der Waals surface area contributed by atoms with Crippen molar-refractivity contribution in [3.63, 3.8) is 0 Å². The molecule has 24 heavy (non-hydrogen) atoms. The van der Waals surface area contributed by atoms with Crippen LogP contribution in [0.2, 0.25) is 0 Å². The summed E-state index contributed by atoms with van der Waals surface area (Å²) in [5, 5.41) is 8.39. The van der Waals surface area contributed by atoms with E-state index in [0.717, 1.165) is 24.4 Å². The van der Waals surface area contributed by atoms with Gasteiger partial charge in [0.1, 0.15) is 18.3 Å². The van der Waals surface area contributed by atoms with Crippen LogP contribution in [0, 0.1) is 0 Å². The molecule has 2 aliphatic heterocycles. The van der Waals surface area contributed by atoms with Crippen molar-refractivity contribution in [2.45, 2.75) is 25.3 Å². The van der Waals surface area contributed by atoms with Gasteiger partial charge in [-0.2, -0.15) is 0 Å². The number of amides is 1. The lowest BCUT2D eigenvalue weighted by Crippen LogP contribution is -2.44. The van der Waals surface area contributed by atoms with Gasteiger partial charge in [0.15, 0.2) is 0 Å². The van der Waals surface area contributed by atoms with Crippen molar-refractivity contribution >= 4 is 5.91 Å². The highest BCUT2D eigenvalue weighted by Gasteiger charge is 2.34. The number of rotatable bonds is 7. The Balaban J connectivity index is 1.61. The maximum atomic E-state index is 12.3. The van der Waals surface area contributed by atoms with Crippen molar-refractivity contribution in [3.05, 3.63) is 11.4 Å². The third-order valence-corrected chi connectivity index (χ3v) is 4.87. The zero-order valence-corrected chi connectivity index (χ0v) is 14.6. The van der Waals surface area contributed by atoms with Crippen LogP contribution in [0.1, 0.15) is 30.3 Å². The minimum Gasteiger partial charge on any atom is -0.378 e. The Hall–Kier alpha value is -1.51. The first-order valence-corrected chi connectivity index (χ1v) is 8.67. The summed E-state index contributed by atoms with van der Waals surface area (Å²) in [6, 6.07) is -0.177. The molecule has 3 heterocycles. The Morgan fingerprint density at radius 2 is 2.08 bits per heavy atom. The van der Waals surface area contributed by atoms with Crippen LogP contribution in [0.15, 0.2) is 0 Å². The molecule has 0 saturated carbocycles. The molecule has 0 aromatic carbocycles. The van der Waals surface area contributed by atoms with Crippen molar-refractivity contribution in [2.24, 2.45) is 7.05 Å². The summed E-state index contributed by atoms with van der Waals surface area (Å²) in [4.78, 5) is 16.6. The van der Waals surface area contributed by atoms with Crippen LogP contribution in [0.4, 0.5) is 0 Å². The minimum atomic E-state index is -0.177. The number of hydrogen-bond donors (Lipinski definition) is 0. The molecular formula is C16H27N5O3. The molecule has 8 nitrogen and oxygen atoms in total. The third-order valence-electron chi connectivity index (χ3n) is 4.87. The highest BCUT2D eigenvalue weighted by molar-refractivity contribution is 5.78. The molecule has 1 aromatic heterocycles. The maximum absolute atomic E-state index is 12.3. The number of fused-ring (bicyclic) bond motifs is 1. The Morgan fingerprint density at radius 3 is 2.83 bits per heavy atom. The Labute approximate surface area is 142 Å². The molecule has 1 saturated heterocycles. The number of methoxy groups -OCH3 is 1. The van der Waals surface area contributed by atoms with Crippen LogP contribution in [0.5, 0.6) is 0 Å². The maximum Gasteiger partial charge on any atom is 0.249 e. The number of carbonyl (C=O) groups excluding carboxylic acids is 1. The zero-order chi connectivity index (χ0) is 16.9. The summed E-state index contributed by atoms with van der Waals surface area (Å²) < 4.78 is 12.7. The lowest BCUT2D eigenvalue weighted by Gasteiger charge is -2.34. The molecule has 134 valence electrons. The molecule has 0 aliphatic carbocycles. The molecule has 1 amide bonds. The van der Waals surface area contributed by atoms with Crippen molar-refractivity contribution in [1.82, 2.24) is 24.8 Å². The molecule has 0 bridgehead atoms. The number of hydrogen-bond acceptors (Lipinski definition) is 6. The van der Waals surface area contributed by atoms with Gasteiger partial charge in [-0.15, -0.1) is 5.10 Å². The van der Waals surface area contributed by atoms with E-state index in [2.05, 4.69) is 15.2 Å². The van der Waals surface area contributed by atoms with Crippen LogP contribution in [0.3, 0.4) is 0 Å². The van der Waals surface area contributed by atoms with E-state index in [1.165, 1.54) is 33.0 Å². The van der Waals surface area contributed by atoms with Gasteiger partial charge in [0.25, 0.3) is 0 Å². The van der Waals surface area contributed by atoms with Crippen molar-refractivity contribution < 1.29 is 14.3 Å². The third kappa shape index (κ3) is 3.76. The van der Waals surface area contributed by atoms with Gasteiger partial charge in [0.05, 0.1) is 18.9 Å². The van der Waals surface area contributed by atoms with Gasteiger partial charge in [0.2, 0.25) is 5.91 Å². The van der Waals surface area contributed by atoms with E-state index in [1.54, 1.807) is 4.68 Å². The van der Waals surface area contributed by atoms with Crippen LogP contribution < -0.4 is 0 Å². The monoisotopic (exact) mass is 337 g/mol. The first-order chi connectivity index (χ1) is 11.7. The second kappa shape index (κ2) is 8.04. The first-order valence-electron chi connectivity index (χ1n) is 8.67. The molecule has 0 unspecified atom stereocenters. The topological polar surface area (TPSA) is 72.7 Å². The highest BCUT2D eigenvalue weighted by Crippen LogP contribution is 2.28. The number of aromatic nitrogens is 3. The zero-order valence-electron chi connectivity index (χ0n) is 14.6. The molecule has 0 radical (unpaired) electrons. The van der Waals surface area contributed by atoms with Gasteiger partial charge >= 0.3 is 0 Å². The summed E-state index contributed by atoms with van der Waals surface area (Å²) in [5.41, 5.74) is 1.94. The summed E-state index contributed by atoms with van der Waals surface area (Å²) >= 11 is 0. The normalized spacial score (nSPS) is 21.2. The van der Waals surface area contributed by atoms with Crippen molar-refractivity contribution in [1.29, 1.82) is 0 Å². The summed E-state index contributed by atoms with van der Waals surface area (Å²) in [7, 11) is 3.43. The fourth-order valence-corrected chi connectivity index (χ4v) is 3.54. The average molecular weight is 337 g/mol. The SMILES string of the molecule is COCC(=O)N1CCc2c(nnn2C)[C@H]1COCCN1CCCC1. The van der Waals surface area contributed by atoms with E-state index < -0.39 is 0 Å². The minimum absolute atomic E-state index is 0.0260. The highest BCUT2D eigenvalue weighted by atomic mass is 16.5. The largest absolute Gasteiger partial charge is 0.378 e. The lowest BCUT2D eigenvalue weighted by molar-refractivity contribution is -0.139. The van der Waals surface area contributed by atoms with E-state index >= 15 is 0 Å². The Bertz CT molecular complexity index is 556. The predicted molar refractivity (Wildman–Crippen MR) is 87.5 cm³/mol. The number of aryl methyl sites for hydroxylation is 1. The summed E-state index contributed by atoms with van der Waals surface area (Å²) in [6.07, 6.45) is 3.33. The average Bonchev–Trinajstić information content (AvgIpc) is 3.22. The van der Waals surface area contributed by atoms with Crippen LogP contribution in [-0.2, 0) is 27.7 Å². The fraction of sp³-hybridized carbons (Fsp3) is 0.812. The molecule has 0 spiro atoms. The van der Waals surface area contributed by atoms with Crippen molar-refractivity contribution in [2.75, 3.05) is 53.1 Å². The molecule has 8 heteroatoms. The molecule has 2 aliphatic rings. The fourth-order valence-electron chi connectivity index (χ4n) is 3.54.